The van der Waals surface area contributed by atoms with Gasteiger partial charge >= 0.3 is 11.9 Å². The van der Waals surface area contributed by atoms with Crippen LogP contribution in [0.2, 0.25) is 0 Å². The van der Waals surface area contributed by atoms with Crippen molar-refractivity contribution in [1.29, 1.82) is 0 Å². The summed E-state index contributed by atoms with van der Waals surface area (Å²) in [5.74, 6) is -0.364. The predicted molar refractivity (Wildman–Crippen MR) is 152 cm³/mol. The first-order valence-corrected chi connectivity index (χ1v) is 13.9. The van der Waals surface area contributed by atoms with Crippen LogP contribution in [0.15, 0.2) is 61.9 Å². The van der Waals surface area contributed by atoms with Crippen LogP contribution in [-0.4, -0.2) is 48.5 Å². The van der Waals surface area contributed by atoms with E-state index in [2.05, 4.69) is 20.9 Å². The number of carbonyl (C=O) groups is 2. The number of hydrogen-bond acceptors (Lipinski definition) is 9. The smallest absolute Gasteiger partial charge is 0.341 e. The fourth-order valence-corrected chi connectivity index (χ4v) is 5.85. The Bertz CT molecular complexity index is 1670. The molecule has 3 aromatic rings. The number of carbonyl (C=O) groups excluding carboxylic acids is 1. The van der Waals surface area contributed by atoms with E-state index in [1.807, 2.05) is 6.92 Å². The van der Waals surface area contributed by atoms with Crippen molar-refractivity contribution >= 4 is 45.3 Å². The lowest BCUT2D eigenvalue weighted by Gasteiger charge is -2.26. The lowest BCUT2D eigenvalue weighted by Crippen LogP contribution is -2.40. The molecular weight excluding hydrogens is 604 g/mol. The zero-order chi connectivity index (χ0) is 29.0. The van der Waals surface area contributed by atoms with Gasteiger partial charge in [-0.15, -0.1) is 0 Å². The van der Waals surface area contributed by atoms with Crippen LogP contribution in [-0.2, 0) is 14.3 Å². The predicted octanol–water partition coefficient (Wildman–Crippen LogP) is 3.43. The highest BCUT2D eigenvalue weighted by Crippen LogP contribution is 2.41. The Morgan fingerprint density at radius 3 is 2.60 bits per heavy atom. The number of methoxy groups -OCH3 is 1. The van der Waals surface area contributed by atoms with Crippen molar-refractivity contribution in [3.63, 3.8) is 0 Å². The number of hydrogen-bond donors (Lipinski definition) is 1. The minimum atomic E-state index is -1.09. The van der Waals surface area contributed by atoms with E-state index in [9.17, 15) is 14.4 Å². The van der Waals surface area contributed by atoms with Gasteiger partial charge in [-0.1, -0.05) is 39.4 Å². The number of esters is 1. The van der Waals surface area contributed by atoms with E-state index >= 15 is 0 Å². The molecule has 0 fully saturated rings. The number of allylic oxidation sites excluding steroid dienone is 1. The summed E-state index contributed by atoms with van der Waals surface area (Å²) in [7, 11) is 1.52. The molecule has 0 saturated carbocycles. The van der Waals surface area contributed by atoms with Crippen molar-refractivity contribution < 1.29 is 33.6 Å². The molecule has 210 valence electrons. The first-order chi connectivity index (χ1) is 19.2. The van der Waals surface area contributed by atoms with E-state index < -0.39 is 24.6 Å². The van der Waals surface area contributed by atoms with Gasteiger partial charge in [0, 0.05) is 4.47 Å². The zero-order valence-electron chi connectivity index (χ0n) is 22.2. The molecule has 1 aliphatic rings. The van der Waals surface area contributed by atoms with E-state index in [-0.39, 0.29) is 17.7 Å². The number of aromatic nitrogens is 1. The molecule has 40 heavy (non-hydrogen) atoms. The van der Waals surface area contributed by atoms with Crippen LogP contribution in [0.3, 0.4) is 0 Å². The van der Waals surface area contributed by atoms with Gasteiger partial charge in [0.25, 0.3) is 5.56 Å². The van der Waals surface area contributed by atoms with Crippen LogP contribution in [0, 0.1) is 0 Å². The van der Waals surface area contributed by atoms with E-state index in [1.54, 1.807) is 56.3 Å². The van der Waals surface area contributed by atoms with Gasteiger partial charge in [0.05, 0.1) is 42.2 Å². The second kappa shape index (κ2) is 12.5. The minimum absolute atomic E-state index is 0.154. The molecule has 2 aromatic carbocycles. The molecule has 4 rings (SSSR count). The SMILES string of the molecule is CCOC(=O)C1=C(C)N=c2s/c(=C/c3cccc(OCC(=O)O)c3)c(=O)n2[C@H]1c1cc(OC)c(OCC)cc1Br. The number of carboxylic acid groups (broad SMARTS) is 1. The van der Waals surface area contributed by atoms with Gasteiger partial charge in [0.15, 0.2) is 22.9 Å². The van der Waals surface area contributed by atoms with Gasteiger partial charge in [-0.25, -0.2) is 14.6 Å². The molecule has 12 heteroatoms. The fraction of sp³-hybridized carbons (Fsp3) is 0.286. The van der Waals surface area contributed by atoms with Crippen molar-refractivity contribution in [2.24, 2.45) is 4.99 Å². The normalized spacial score (nSPS) is 14.8. The Morgan fingerprint density at radius 2 is 1.93 bits per heavy atom. The van der Waals surface area contributed by atoms with Gasteiger partial charge in [-0.2, -0.15) is 0 Å². The number of rotatable bonds is 10. The third-order valence-electron chi connectivity index (χ3n) is 5.91. The van der Waals surface area contributed by atoms with Gasteiger partial charge < -0.3 is 24.1 Å². The molecule has 1 N–H and O–H groups in total. The zero-order valence-corrected chi connectivity index (χ0v) is 24.6. The van der Waals surface area contributed by atoms with Crippen LogP contribution >= 0.6 is 27.3 Å². The minimum Gasteiger partial charge on any atom is -0.493 e. The number of halogens is 1. The molecule has 10 nitrogen and oxygen atoms in total. The molecule has 0 saturated heterocycles. The average molecular weight is 632 g/mol. The second-order valence-corrected chi connectivity index (χ2v) is 10.4. The maximum Gasteiger partial charge on any atom is 0.341 e. The largest absolute Gasteiger partial charge is 0.493 e. The Kier molecular flexibility index (Phi) is 9.10. The molecule has 2 heterocycles. The summed E-state index contributed by atoms with van der Waals surface area (Å²) in [5, 5.41) is 8.90. The number of nitrogens with zero attached hydrogens (tertiary/aromatic N) is 2. The number of aliphatic carboxylic acids is 1. The van der Waals surface area contributed by atoms with Gasteiger partial charge in [0.2, 0.25) is 0 Å². The van der Waals surface area contributed by atoms with Crippen LogP contribution in [0.5, 0.6) is 17.2 Å². The molecule has 1 aromatic heterocycles. The molecule has 1 atom stereocenters. The number of benzene rings is 2. The number of thiazole rings is 1. The molecule has 0 amide bonds. The molecule has 0 unspecified atom stereocenters. The lowest BCUT2D eigenvalue weighted by molar-refractivity contribution is -0.140. The highest BCUT2D eigenvalue weighted by molar-refractivity contribution is 9.10. The lowest BCUT2D eigenvalue weighted by atomic mass is 9.95. The van der Waals surface area contributed by atoms with E-state index in [1.165, 1.54) is 23.0 Å². The average Bonchev–Trinajstić information content (AvgIpc) is 3.21. The summed E-state index contributed by atoms with van der Waals surface area (Å²) in [6, 6.07) is 9.37. The molecule has 0 spiro atoms. The van der Waals surface area contributed by atoms with Crippen LogP contribution in [0.4, 0.5) is 0 Å². The molecule has 1 aliphatic heterocycles. The number of carboxylic acids is 1. The molecule has 0 radical (unpaired) electrons. The van der Waals surface area contributed by atoms with Gasteiger partial charge in [-0.05, 0) is 62.2 Å². The first kappa shape index (κ1) is 29.1. The summed E-state index contributed by atoms with van der Waals surface area (Å²) < 4.78 is 24.3. The topological polar surface area (TPSA) is 126 Å². The molecule has 0 aliphatic carbocycles. The van der Waals surface area contributed by atoms with Crippen molar-refractivity contribution in [2.45, 2.75) is 26.8 Å². The van der Waals surface area contributed by atoms with Crippen LogP contribution in [0.25, 0.3) is 6.08 Å². The van der Waals surface area contributed by atoms with Crippen LogP contribution < -0.4 is 29.1 Å². The second-order valence-electron chi connectivity index (χ2n) is 8.51. The Morgan fingerprint density at radius 1 is 1.15 bits per heavy atom. The number of fused-ring (bicyclic) bond motifs is 1. The summed E-state index contributed by atoms with van der Waals surface area (Å²) >= 11 is 4.78. The Hall–Kier alpha value is -3.90. The summed E-state index contributed by atoms with van der Waals surface area (Å²) in [4.78, 5) is 43.0. The van der Waals surface area contributed by atoms with Crippen molar-refractivity contribution in [2.75, 3.05) is 26.9 Å². The summed E-state index contributed by atoms with van der Waals surface area (Å²) in [5.41, 5.74) is 1.53. The maximum atomic E-state index is 13.9. The third-order valence-corrected chi connectivity index (χ3v) is 7.58. The maximum absolute atomic E-state index is 13.9. The summed E-state index contributed by atoms with van der Waals surface area (Å²) in [6.45, 7) is 5.37. The Balaban J connectivity index is 1.92. The van der Waals surface area contributed by atoms with E-state index in [0.717, 1.165) is 0 Å². The van der Waals surface area contributed by atoms with Crippen molar-refractivity contribution in [3.8, 4) is 17.2 Å². The molecular formula is C28H27BrN2O8S. The van der Waals surface area contributed by atoms with Gasteiger partial charge in [0.1, 0.15) is 5.75 Å². The molecule has 0 bridgehead atoms. The first-order valence-electron chi connectivity index (χ1n) is 12.3. The highest BCUT2D eigenvalue weighted by atomic mass is 79.9. The highest BCUT2D eigenvalue weighted by Gasteiger charge is 2.35. The summed E-state index contributed by atoms with van der Waals surface area (Å²) in [6.07, 6.45) is 1.67. The van der Waals surface area contributed by atoms with Crippen molar-refractivity contribution in [1.82, 2.24) is 4.57 Å². The van der Waals surface area contributed by atoms with Crippen molar-refractivity contribution in [3.05, 3.63) is 83.0 Å². The van der Waals surface area contributed by atoms with Gasteiger partial charge in [-0.3, -0.25) is 9.36 Å². The van der Waals surface area contributed by atoms with E-state index in [0.29, 0.717) is 54.5 Å². The van der Waals surface area contributed by atoms with Crippen LogP contribution in [0.1, 0.15) is 37.9 Å². The fourth-order valence-electron chi connectivity index (χ4n) is 4.26. The monoisotopic (exact) mass is 630 g/mol. The van der Waals surface area contributed by atoms with E-state index in [4.69, 9.17) is 24.1 Å². The Labute approximate surface area is 241 Å². The standard InChI is InChI=1S/C28H27BrN2O8S/c1-5-37-21-13-19(29)18(12-20(21)36-4)25-24(27(35)38-6-2)15(3)30-28-31(25)26(34)22(40-28)11-16-8-7-9-17(10-16)39-14-23(32)33/h7-13,25H,5-6,14H2,1-4H3,(H,32,33)/b22-11+/t25-/m0/s1. The number of ether oxygens (including phenoxy) is 4. The quantitative estimate of drug-likeness (QED) is 0.338. The third kappa shape index (κ3) is 5.97.